The number of carbonyl (C=O) groups excluding carboxylic acids is 2. The standard InChI is InChI=1S/C20H22N2O2/c1-13-6-7-17(11-14(13)2)20(24)21-18-9-8-16-5-4-10-22(15(3)23)19(16)12-18/h6-9,11-12H,4-5,10H2,1-3H3,(H,21,24). The molecule has 2 amide bonds. The van der Waals surface area contributed by atoms with Crippen LogP contribution >= 0.6 is 0 Å². The van der Waals surface area contributed by atoms with Crippen LogP contribution in [0, 0.1) is 13.8 Å². The predicted octanol–water partition coefficient (Wildman–Crippen LogP) is 3.85. The van der Waals surface area contributed by atoms with E-state index in [1.165, 1.54) is 0 Å². The quantitative estimate of drug-likeness (QED) is 0.913. The number of hydrogen-bond donors (Lipinski definition) is 1. The zero-order valence-corrected chi connectivity index (χ0v) is 14.3. The number of nitrogens with zero attached hydrogens (tertiary/aromatic N) is 1. The molecule has 0 aliphatic carbocycles. The van der Waals surface area contributed by atoms with Crippen molar-refractivity contribution in [1.29, 1.82) is 0 Å². The van der Waals surface area contributed by atoms with Gasteiger partial charge in [0.2, 0.25) is 5.91 Å². The highest BCUT2D eigenvalue weighted by Crippen LogP contribution is 2.30. The number of fused-ring (bicyclic) bond motifs is 1. The SMILES string of the molecule is CC(=O)N1CCCc2ccc(NC(=O)c3ccc(C)c(C)c3)cc21. The van der Waals surface area contributed by atoms with E-state index in [0.717, 1.165) is 41.8 Å². The maximum Gasteiger partial charge on any atom is 0.255 e. The molecule has 0 aromatic heterocycles. The number of amides is 2. The van der Waals surface area contributed by atoms with Gasteiger partial charge in [0.1, 0.15) is 0 Å². The molecule has 0 unspecified atom stereocenters. The van der Waals surface area contributed by atoms with Gasteiger partial charge in [0.25, 0.3) is 5.91 Å². The average Bonchev–Trinajstić information content (AvgIpc) is 2.56. The molecule has 0 spiro atoms. The minimum atomic E-state index is -0.136. The third-order valence-corrected chi connectivity index (χ3v) is 4.61. The molecule has 1 heterocycles. The number of aryl methyl sites for hydroxylation is 3. The van der Waals surface area contributed by atoms with Gasteiger partial charge in [-0.25, -0.2) is 0 Å². The van der Waals surface area contributed by atoms with E-state index in [2.05, 4.69) is 5.32 Å². The molecular formula is C20H22N2O2. The number of anilines is 2. The molecule has 0 bridgehead atoms. The maximum atomic E-state index is 12.5. The van der Waals surface area contributed by atoms with Gasteiger partial charge >= 0.3 is 0 Å². The van der Waals surface area contributed by atoms with Crippen molar-refractivity contribution in [3.63, 3.8) is 0 Å². The Labute approximate surface area is 142 Å². The summed E-state index contributed by atoms with van der Waals surface area (Å²) in [5.41, 5.74) is 5.67. The van der Waals surface area contributed by atoms with Crippen molar-refractivity contribution in [2.24, 2.45) is 0 Å². The largest absolute Gasteiger partial charge is 0.322 e. The van der Waals surface area contributed by atoms with Crippen LogP contribution in [-0.2, 0) is 11.2 Å². The van der Waals surface area contributed by atoms with Crippen LogP contribution in [0.25, 0.3) is 0 Å². The van der Waals surface area contributed by atoms with Crippen molar-refractivity contribution in [2.75, 3.05) is 16.8 Å². The zero-order chi connectivity index (χ0) is 17.3. The highest BCUT2D eigenvalue weighted by Gasteiger charge is 2.20. The first-order chi connectivity index (χ1) is 11.5. The van der Waals surface area contributed by atoms with Crippen LogP contribution in [0.2, 0.25) is 0 Å². The number of carbonyl (C=O) groups is 2. The summed E-state index contributed by atoms with van der Waals surface area (Å²) in [6.45, 7) is 6.33. The van der Waals surface area contributed by atoms with Gasteiger partial charge in [-0.1, -0.05) is 12.1 Å². The van der Waals surface area contributed by atoms with E-state index in [0.29, 0.717) is 11.3 Å². The molecular weight excluding hydrogens is 300 g/mol. The Hall–Kier alpha value is -2.62. The Balaban J connectivity index is 1.85. The molecule has 0 radical (unpaired) electrons. The van der Waals surface area contributed by atoms with E-state index >= 15 is 0 Å². The first kappa shape index (κ1) is 16.2. The summed E-state index contributed by atoms with van der Waals surface area (Å²) >= 11 is 0. The van der Waals surface area contributed by atoms with Gasteiger partial charge in [0, 0.05) is 30.4 Å². The van der Waals surface area contributed by atoms with Crippen molar-refractivity contribution < 1.29 is 9.59 Å². The molecule has 0 atom stereocenters. The lowest BCUT2D eigenvalue weighted by Crippen LogP contribution is -2.33. The normalized spacial score (nSPS) is 13.4. The first-order valence-electron chi connectivity index (χ1n) is 8.25. The van der Waals surface area contributed by atoms with Gasteiger partial charge in [-0.15, -0.1) is 0 Å². The summed E-state index contributed by atoms with van der Waals surface area (Å²) in [5, 5.41) is 2.94. The fraction of sp³-hybridized carbons (Fsp3) is 0.300. The number of nitrogens with one attached hydrogen (secondary N) is 1. The molecule has 3 rings (SSSR count). The number of benzene rings is 2. The Kier molecular flexibility index (Phi) is 4.38. The molecule has 0 fully saturated rings. The fourth-order valence-corrected chi connectivity index (χ4v) is 3.07. The summed E-state index contributed by atoms with van der Waals surface area (Å²) in [4.78, 5) is 26.1. The molecule has 4 heteroatoms. The van der Waals surface area contributed by atoms with Crippen molar-refractivity contribution in [3.8, 4) is 0 Å². The highest BCUT2D eigenvalue weighted by molar-refractivity contribution is 6.05. The van der Waals surface area contributed by atoms with Crippen LogP contribution < -0.4 is 10.2 Å². The maximum absolute atomic E-state index is 12.5. The van der Waals surface area contributed by atoms with E-state index in [1.807, 2.05) is 50.2 Å². The lowest BCUT2D eigenvalue weighted by Gasteiger charge is -2.29. The molecule has 1 aliphatic heterocycles. The van der Waals surface area contributed by atoms with Gasteiger partial charge in [0.15, 0.2) is 0 Å². The second-order valence-corrected chi connectivity index (χ2v) is 6.37. The summed E-state index contributed by atoms with van der Waals surface area (Å²) in [6.07, 6.45) is 1.94. The third kappa shape index (κ3) is 3.18. The predicted molar refractivity (Wildman–Crippen MR) is 96.7 cm³/mol. The van der Waals surface area contributed by atoms with Crippen molar-refractivity contribution in [3.05, 3.63) is 58.7 Å². The number of hydrogen-bond acceptors (Lipinski definition) is 2. The van der Waals surface area contributed by atoms with Gasteiger partial charge < -0.3 is 10.2 Å². The van der Waals surface area contributed by atoms with Crippen LogP contribution in [-0.4, -0.2) is 18.4 Å². The number of rotatable bonds is 2. The molecule has 0 saturated carbocycles. The van der Waals surface area contributed by atoms with E-state index in [1.54, 1.807) is 11.8 Å². The molecule has 0 saturated heterocycles. The average molecular weight is 322 g/mol. The lowest BCUT2D eigenvalue weighted by molar-refractivity contribution is -0.116. The molecule has 1 aliphatic rings. The monoisotopic (exact) mass is 322 g/mol. The van der Waals surface area contributed by atoms with Gasteiger partial charge in [-0.05, 0) is 67.6 Å². The van der Waals surface area contributed by atoms with Crippen LogP contribution in [0.5, 0.6) is 0 Å². The fourth-order valence-electron chi connectivity index (χ4n) is 3.07. The molecule has 124 valence electrons. The summed E-state index contributed by atoms with van der Waals surface area (Å²) in [6, 6.07) is 11.5. The Morgan fingerprint density at radius 3 is 2.54 bits per heavy atom. The summed E-state index contributed by atoms with van der Waals surface area (Å²) in [5.74, 6) is -0.100. The van der Waals surface area contributed by atoms with E-state index < -0.39 is 0 Å². The topological polar surface area (TPSA) is 49.4 Å². The minimum Gasteiger partial charge on any atom is -0.322 e. The first-order valence-corrected chi connectivity index (χ1v) is 8.25. The van der Waals surface area contributed by atoms with Crippen molar-refractivity contribution in [2.45, 2.75) is 33.6 Å². The second kappa shape index (κ2) is 6.48. The summed E-state index contributed by atoms with van der Waals surface area (Å²) in [7, 11) is 0. The van der Waals surface area contributed by atoms with Crippen LogP contribution in [0.3, 0.4) is 0 Å². The highest BCUT2D eigenvalue weighted by atomic mass is 16.2. The van der Waals surface area contributed by atoms with Crippen LogP contribution in [0.4, 0.5) is 11.4 Å². The van der Waals surface area contributed by atoms with Crippen molar-refractivity contribution >= 4 is 23.2 Å². The smallest absolute Gasteiger partial charge is 0.255 e. The molecule has 4 nitrogen and oxygen atoms in total. The lowest BCUT2D eigenvalue weighted by atomic mass is 10.0. The van der Waals surface area contributed by atoms with Gasteiger partial charge in [-0.2, -0.15) is 0 Å². The summed E-state index contributed by atoms with van der Waals surface area (Å²) < 4.78 is 0. The van der Waals surface area contributed by atoms with Gasteiger partial charge in [0.05, 0.1) is 0 Å². The van der Waals surface area contributed by atoms with Gasteiger partial charge in [-0.3, -0.25) is 9.59 Å². The van der Waals surface area contributed by atoms with E-state index in [9.17, 15) is 9.59 Å². The Morgan fingerprint density at radius 1 is 1.04 bits per heavy atom. The molecule has 2 aromatic rings. The minimum absolute atomic E-state index is 0.0357. The Bertz CT molecular complexity index is 811. The van der Waals surface area contributed by atoms with E-state index in [-0.39, 0.29) is 11.8 Å². The van der Waals surface area contributed by atoms with E-state index in [4.69, 9.17) is 0 Å². The van der Waals surface area contributed by atoms with Crippen molar-refractivity contribution in [1.82, 2.24) is 0 Å². The second-order valence-electron chi connectivity index (χ2n) is 6.37. The zero-order valence-electron chi connectivity index (χ0n) is 14.3. The Morgan fingerprint density at radius 2 is 1.83 bits per heavy atom. The van der Waals surface area contributed by atoms with Crippen LogP contribution in [0.15, 0.2) is 36.4 Å². The molecule has 1 N–H and O–H groups in total. The molecule has 24 heavy (non-hydrogen) atoms. The third-order valence-electron chi connectivity index (χ3n) is 4.61. The molecule has 2 aromatic carbocycles. The van der Waals surface area contributed by atoms with Crippen LogP contribution in [0.1, 0.15) is 40.4 Å².